The Kier molecular flexibility index (Phi) is 7.65. The summed E-state index contributed by atoms with van der Waals surface area (Å²) in [5.41, 5.74) is 0.742. The third-order valence-corrected chi connectivity index (χ3v) is 4.08. The Balaban J connectivity index is 1.52. The molecular weight excluding hydrogens is 396 g/mol. The molecule has 3 rings (SSSR count). The SMILES string of the molecule is CC(C)OC(=O)c1ccc(OC(=O)c2cccc(OCCOc3ccccc3)c2)cc1. The summed E-state index contributed by atoms with van der Waals surface area (Å²) in [7, 11) is 0. The quantitative estimate of drug-likeness (QED) is 0.278. The molecule has 0 aromatic heterocycles. The van der Waals surface area contributed by atoms with E-state index in [9.17, 15) is 9.59 Å². The topological polar surface area (TPSA) is 71.1 Å². The number of ether oxygens (including phenoxy) is 4. The van der Waals surface area contributed by atoms with Crippen molar-refractivity contribution in [2.45, 2.75) is 20.0 Å². The third-order valence-electron chi connectivity index (χ3n) is 4.08. The molecule has 31 heavy (non-hydrogen) atoms. The van der Waals surface area contributed by atoms with Gasteiger partial charge in [-0.1, -0.05) is 24.3 Å². The van der Waals surface area contributed by atoms with E-state index in [0.29, 0.717) is 35.8 Å². The predicted octanol–water partition coefficient (Wildman–Crippen LogP) is 4.93. The van der Waals surface area contributed by atoms with Gasteiger partial charge in [-0.2, -0.15) is 0 Å². The van der Waals surface area contributed by atoms with Crippen molar-refractivity contribution in [3.8, 4) is 17.2 Å². The lowest BCUT2D eigenvalue weighted by Crippen LogP contribution is -2.12. The van der Waals surface area contributed by atoms with Crippen molar-refractivity contribution in [1.82, 2.24) is 0 Å². The van der Waals surface area contributed by atoms with Gasteiger partial charge in [0.1, 0.15) is 30.5 Å². The molecule has 6 nitrogen and oxygen atoms in total. The smallest absolute Gasteiger partial charge is 0.343 e. The Hall–Kier alpha value is -3.80. The summed E-state index contributed by atoms with van der Waals surface area (Å²) in [6.45, 7) is 4.27. The van der Waals surface area contributed by atoms with Crippen LogP contribution >= 0.6 is 0 Å². The van der Waals surface area contributed by atoms with E-state index in [1.165, 1.54) is 0 Å². The van der Waals surface area contributed by atoms with Gasteiger partial charge in [-0.15, -0.1) is 0 Å². The molecule has 6 heteroatoms. The number of benzene rings is 3. The van der Waals surface area contributed by atoms with E-state index in [4.69, 9.17) is 18.9 Å². The van der Waals surface area contributed by atoms with Crippen LogP contribution < -0.4 is 14.2 Å². The summed E-state index contributed by atoms with van der Waals surface area (Å²) < 4.78 is 21.8. The average Bonchev–Trinajstić information content (AvgIpc) is 2.77. The molecule has 3 aromatic rings. The van der Waals surface area contributed by atoms with Gasteiger partial charge in [-0.05, 0) is 68.4 Å². The maximum absolute atomic E-state index is 12.5. The maximum atomic E-state index is 12.5. The van der Waals surface area contributed by atoms with Crippen LogP contribution in [0.2, 0.25) is 0 Å². The summed E-state index contributed by atoms with van der Waals surface area (Å²) in [6.07, 6.45) is -0.204. The van der Waals surface area contributed by atoms with Crippen molar-refractivity contribution >= 4 is 11.9 Å². The molecular formula is C25H24O6. The molecule has 0 aliphatic heterocycles. The van der Waals surface area contributed by atoms with Gasteiger partial charge in [0.15, 0.2) is 0 Å². The van der Waals surface area contributed by atoms with E-state index in [1.54, 1.807) is 62.4 Å². The summed E-state index contributed by atoms with van der Waals surface area (Å²) in [5, 5.41) is 0. The van der Waals surface area contributed by atoms with Crippen molar-refractivity contribution < 1.29 is 28.5 Å². The fourth-order valence-electron chi connectivity index (χ4n) is 2.66. The number of hydrogen-bond donors (Lipinski definition) is 0. The lowest BCUT2D eigenvalue weighted by molar-refractivity contribution is 0.0378. The lowest BCUT2D eigenvalue weighted by atomic mass is 10.2. The maximum Gasteiger partial charge on any atom is 0.343 e. The number of esters is 2. The average molecular weight is 420 g/mol. The molecule has 0 N–H and O–H groups in total. The Morgan fingerprint density at radius 1 is 0.677 bits per heavy atom. The number of rotatable bonds is 9. The van der Waals surface area contributed by atoms with Gasteiger partial charge < -0.3 is 18.9 Å². The largest absolute Gasteiger partial charge is 0.490 e. The summed E-state index contributed by atoms with van der Waals surface area (Å²) in [5.74, 6) is 0.691. The van der Waals surface area contributed by atoms with Crippen LogP contribution in [0.25, 0.3) is 0 Å². The molecule has 0 saturated carbocycles. The highest BCUT2D eigenvalue weighted by atomic mass is 16.5. The highest BCUT2D eigenvalue weighted by Gasteiger charge is 2.12. The number of hydrogen-bond acceptors (Lipinski definition) is 6. The number of para-hydroxylation sites is 1. The van der Waals surface area contributed by atoms with Gasteiger partial charge in [-0.25, -0.2) is 9.59 Å². The van der Waals surface area contributed by atoms with Gasteiger partial charge in [0, 0.05) is 0 Å². The van der Waals surface area contributed by atoms with Crippen LogP contribution in [0, 0.1) is 0 Å². The van der Waals surface area contributed by atoms with Crippen LogP contribution in [0.5, 0.6) is 17.2 Å². The predicted molar refractivity (Wildman–Crippen MR) is 116 cm³/mol. The highest BCUT2D eigenvalue weighted by molar-refractivity contribution is 5.92. The zero-order chi connectivity index (χ0) is 22.1. The van der Waals surface area contributed by atoms with Gasteiger partial charge in [0.25, 0.3) is 0 Å². The Morgan fingerprint density at radius 3 is 2.00 bits per heavy atom. The second-order valence-electron chi connectivity index (χ2n) is 6.91. The first-order valence-electron chi connectivity index (χ1n) is 9.95. The molecule has 160 valence electrons. The molecule has 0 atom stereocenters. The standard InChI is InChI=1S/C25H24O6/c1-18(2)30-24(26)19-11-13-22(14-12-19)31-25(27)20-7-6-10-23(17-20)29-16-15-28-21-8-4-3-5-9-21/h3-14,17-18H,15-16H2,1-2H3. The van der Waals surface area contributed by atoms with Crippen molar-refractivity contribution in [2.75, 3.05) is 13.2 Å². The first-order chi connectivity index (χ1) is 15.0. The minimum absolute atomic E-state index is 0.204. The summed E-state index contributed by atoms with van der Waals surface area (Å²) >= 11 is 0. The Morgan fingerprint density at radius 2 is 1.32 bits per heavy atom. The second kappa shape index (κ2) is 10.8. The zero-order valence-electron chi connectivity index (χ0n) is 17.4. The van der Waals surface area contributed by atoms with E-state index in [2.05, 4.69) is 0 Å². The molecule has 0 heterocycles. The monoisotopic (exact) mass is 420 g/mol. The van der Waals surface area contributed by atoms with Crippen LogP contribution in [0.1, 0.15) is 34.6 Å². The Bertz CT molecular complexity index is 996. The minimum atomic E-state index is -0.525. The van der Waals surface area contributed by atoms with Crippen LogP contribution in [0.3, 0.4) is 0 Å². The van der Waals surface area contributed by atoms with Crippen LogP contribution in [-0.2, 0) is 4.74 Å². The highest BCUT2D eigenvalue weighted by Crippen LogP contribution is 2.18. The third kappa shape index (κ3) is 6.89. The number of carbonyl (C=O) groups is 2. The van der Waals surface area contributed by atoms with Crippen molar-refractivity contribution in [3.05, 3.63) is 90.0 Å². The molecule has 0 saturated heterocycles. The Labute approximate surface area is 181 Å². The molecule has 0 radical (unpaired) electrons. The first kappa shape index (κ1) is 21.9. The molecule has 0 aliphatic carbocycles. The zero-order valence-corrected chi connectivity index (χ0v) is 17.4. The van der Waals surface area contributed by atoms with E-state index in [0.717, 1.165) is 5.75 Å². The fourth-order valence-corrected chi connectivity index (χ4v) is 2.66. The molecule has 0 aliphatic rings. The van der Waals surface area contributed by atoms with Gasteiger partial charge in [-0.3, -0.25) is 0 Å². The van der Waals surface area contributed by atoms with Gasteiger partial charge >= 0.3 is 11.9 Å². The second-order valence-corrected chi connectivity index (χ2v) is 6.91. The van der Waals surface area contributed by atoms with E-state index in [-0.39, 0.29) is 6.10 Å². The fraction of sp³-hybridized carbons (Fsp3) is 0.200. The molecule has 0 fully saturated rings. The first-order valence-corrected chi connectivity index (χ1v) is 9.95. The van der Waals surface area contributed by atoms with Crippen LogP contribution in [-0.4, -0.2) is 31.3 Å². The molecule has 0 unspecified atom stereocenters. The number of carbonyl (C=O) groups excluding carboxylic acids is 2. The van der Waals surface area contributed by atoms with Gasteiger partial charge in [0.2, 0.25) is 0 Å². The van der Waals surface area contributed by atoms with E-state index >= 15 is 0 Å². The van der Waals surface area contributed by atoms with Crippen molar-refractivity contribution in [2.24, 2.45) is 0 Å². The van der Waals surface area contributed by atoms with Crippen molar-refractivity contribution in [3.63, 3.8) is 0 Å². The van der Waals surface area contributed by atoms with Gasteiger partial charge in [0.05, 0.1) is 17.2 Å². The van der Waals surface area contributed by atoms with E-state index < -0.39 is 11.9 Å². The minimum Gasteiger partial charge on any atom is -0.490 e. The van der Waals surface area contributed by atoms with Crippen LogP contribution in [0.15, 0.2) is 78.9 Å². The van der Waals surface area contributed by atoms with Crippen molar-refractivity contribution in [1.29, 1.82) is 0 Å². The summed E-state index contributed by atoms with van der Waals surface area (Å²) in [4.78, 5) is 24.3. The normalized spacial score (nSPS) is 10.4. The van der Waals surface area contributed by atoms with Crippen LogP contribution in [0.4, 0.5) is 0 Å². The summed E-state index contributed by atoms with van der Waals surface area (Å²) in [6, 6.07) is 22.4. The molecule has 3 aromatic carbocycles. The molecule has 0 bridgehead atoms. The molecule has 0 spiro atoms. The lowest BCUT2D eigenvalue weighted by Gasteiger charge is -2.10. The molecule has 0 amide bonds. The van der Waals surface area contributed by atoms with E-state index in [1.807, 2.05) is 30.3 Å².